The van der Waals surface area contributed by atoms with E-state index in [1.165, 1.54) is 7.11 Å². The minimum absolute atomic E-state index is 0.165. The van der Waals surface area contributed by atoms with Crippen LogP contribution in [0.4, 0.5) is 5.82 Å². The molecule has 0 spiro atoms. The van der Waals surface area contributed by atoms with E-state index in [4.69, 9.17) is 39.5 Å². The molecule has 7 rings (SSSR count). The number of hydrogen-bond donors (Lipinski definition) is 1. The number of hydrogen-bond acceptors (Lipinski definition) is 7. The minimum atomic E-state index is -0.356. The summed E-state index contributed by atoms with van der Waals surface area (Å²) in [6.07, 6.45) is 0. The number of methoxy groups -OCH3 is 1. The van der Waals surface area contributed by atoms with Crippen molar-refractivity contribution in [1.82, 2.24) is 19.9 Å². The number of rotatable bonds is 6. The smallest absolute Gasteiger partial charge is 0.337 e. The highest BCUT2D eigenvalue weighted by atomic mass is 35.5. The predicted molar refractivity (Wildman–Crippen MR) is 190 cm³/mol. The van der Waals surface area contributed by atoms with Gasteiger partial charge in [0, 0.05) is 11.9 Å². The average Bonchev–Trinajstić information content (AvgIpc) is 3.10. The number of anilines is 1. The van der Waals surface area contributed by atoms with Crippen LogP contribution in [0.5, 0.6) is 0 Å². The first kappa shape index (κ1) is 31.9. The lowest BCUT2D eigenvalue weighted by atomic mass is 10.0. The van der Waals surface area contributed by atoms with Crippen molar-refractivity contribution < 1.29 is 9.53 Å². The lowest BCUT2D eigenvalue weighted by molar-refractivity contribution is 0.0600. The molecule has 0 radical (unpaired) electrons. The summed E-state index contributed by atoms with van der Waals surface area (Å²) in [6.45, 7) is 0.521. The van der Waals surface area contributed by atoms with Crippen molar-refractivity contribution >= 4 is 68.4 Å². The molecule has 2 aromatic heterocycles. The van der Waals surface area contributed by atoms with E-state index in [2.05, 4.69) is 37.4 Å². The molecule has 232 valence electrons. The fourth-order valence-electron chi connectivity index (χ4n) is 5.17. The summed E-state index contributed by atoms with van der Waals surface area (Å²) < 4.78 is 4.74. The first-order valence-corrected chi connectivity index (χ1v) is 15.6. The minimum Gasteiger partial charge on any atom is -0.465 e. The molecule has 0 aliphatic rings. The molecule has 0 atom stereocenters. The third-order valence-corrected chi connectivity index (χ3v) is 7.96. The van der Waals surface area contributed by atoms with Crippen LogP contribution in [0.3, 0.4) is 0 Å². The molecule has 0 aliphatic carbocycles. The maximum Gasteiger partial charge on any atom is 0.337 e. The topological polar surface area (TPSA) is 89.9 Å². The molecule has 7 aromatic rings. The summed E-state index contributed by atoms with van der Waals surface area (Å²) in [5, 5.41) is 5.84. The number of nitrogens with zero attached hydrogens (tertiary/aromatic N) is 4. The standard InChI is InChI=1S/C23H18ClN3O2.C14H8Cl2N2/c1-29-22(28)17-12-10-15(11-13-17)14-25-21-20-18(16-6-3-2-4-7-16)8-5-9-19(20)26-23(24)27-21;15-13-12-10(9-5-2-1-3-6-9)7-4-8-11(12)17-14(16)18-13/h2-13H,14H2,1H3,(H,25,26,27);1-8H. The van der Waals surface area contributed by atoms with Gasteiger partial charge in [-0.15, -0.1) is 0 Å². The Hall–Kier alpha value is -5.08. The summed E-state index contributed by atoms with van der Waals surface area (Å²) in [6, 6.07) is 39.1. The lowest BCUT2D eigenvalue weighted by Crippen LogP contribution is -2.05. The van der Waals surface area contributed by atoms with Gasteiger partial charge in [-0.2, -0.15) is 0 Å². The molecule has 2 heterocycles. The second kappa shape index (κ2) is 14.6. The Labute approximate surface area is 286 Å². The number of nitrogens with one attached hydrogen (secondary N) is 1. The Bertz CT molecular complexity index is 2180. The molecule has 10 heteroatoms. The zero-order valence-corrected chi connectivity index (χ0v) is 27.3. The first-order valence-electron chi connectivity index (χ1n) is 14.5. The highest BCUT2D eigenvalue weighted by Gasteiger charge is 2.13. The van der Waals surface area contributed by atoms with Gasteiger partial charge in [0.25, 0.3) is 0 Å². The van der Waals surface area contributed by atoms with Crippen LogP contribution in [0.2, 0.25) is 15.7 Å². The monoisotopic (exact) mass is 677 g/mol. The summed E-state index contributed by atoms with van der Waals surface area (Å²) in [5.41, 5.74) is 7.23. The summed E-state index contributed by atoms with van der Waals surface area (Å²) in [7, 11) is 1.37. The van der Waals surface area contributed by atoms with Crippen molar-refractivity contribution in [3.63, 3.8) is 0 Å². The van der Waals surface area contributed by atoms with Crippen LogP contribution in [0.1, 0.15) is 15.9 Å². The van der Waals surface area contributed by atoms with Crippen molar-refractivity contribution in [2.45, 2.75) is 6.54 Å². The van der Waals surface area contributed by atoms with Gasteiger partial charge >= 0.3 is 5.97 Å². The molecule has 7 nitrogen and oxygen atoms in total. The number of carbonyl (C=O) groups excluding carboxylic acids is 1. The van der Waals surface area contributed by atoms with Crippen molar-refractivity contribution in [2.75, 3.05) is 12.4 Å². The molecule has 1 N–H and O–H groups in total. The zero-order valence-electron chi connectivity index (χ0n) is 25.0. The number of halogens is 3. The second-order valence-corrected chi connectivity index (χ2v) is 11.3. The Kier molecular flexibility index (Phi) is 9.88. The quantitative estimate of drug-likeness (QED) is 0.106. The van der Waals surface area contributed by atoms with Gasteiger partial charge < -0.3 is 10.1 Å². The average molecular weight is 679 g/mol. The Morgan fingerprint density at radius 3 is 1.72 bits per heavy atom. The fourth-order valence-corrected chi connectivity index (χ4v) is 5.85. The van der Waals surface area contributed by atoms with E-state index in [0.717, 1.165) is 49.6 Å². The van der Waals surface area contributed by atoms with Crippen LogP contribution in [0, 0.1) is 0 Å². The van der Waals surface area contributed by atoms with Gasteiger partial charge in [0.15, 0.2) is 0 Å². The number of aromatic nitrogens is 4. The second-order valence-electron chi connectivity index (χ2n) is 10.3. The normalized spacial score (nSPS) is 10.7. The van der Waals surface area contributed by atoms with Gasteiger partial charge in [-0.1, -0.05) is 109 Å². The number of ether oxygens (including phenoxy) is 1. The van der Waals surface area contributed by atoms with E-state index in [0.29, 0.717) is 23.1 Å². The van der Waals surface area contributed by atoms with E-state index >= 15 is 0 Å². The molecule has 47 heavy (non-hydrogen) atoms. The molecular formula is C37H26Cl3N5O2. The van der Waals surface area contributed by atoms with Crippen LogP contribution in [0.25, 0.3) is 44.1 Å². The highest BCUT2D eigenvalue weighted by molar-refractivity contribution is 6.36. The predicted octanol–water partition coefficient (Wildman–Crippen LogP) is 9.95. The molecule has 0 unspecified atom stereocenters. The number of fused-ring (bicyclic) bond motifs is 2. The van der Waals surface area contributed by atoms with Gasteiger partial charge in [0.1, 0.15) is 11.0 Å². The number of carbonyl (C=O) groups is 1. The van der Waals surface area contributed by atoms with Crippen molar-refractivity contribution in [3.05, 3.63) is 148 Å². The summed E-state index contributed by atoms with van der Waals surface area (Å²) in [5.74, 6) is 0.307. The van der Waals surface area contributed by atoms with Crippen LogP contribution in [-0.2, 0) is 11.3 Å². The molecule has 0 saturated carbocycles. The third-order valence-electron chi connectivity index (χ3n) is 7.35. The van der Waals surface area contributed by atoms with Gasteiger partial charge in [0.2, 0.25) is 10.6 Å². The fraction of sp³-hybridized carbons (Fsp3) is 0.0541. The van der Waals surface area contributed by atoms with Gasteiger partial charge in [-0.25, -0.2) is 24.7 Å². The Balaban J connectivity index is 0.000000183. The number of esters is 1. The molecule has 0 aliphatic heterocycles. The van der Waals surface area contributed by atoms with E-state index in [1.54, 1.807) is 12.1 Å². The number of benzene rings is 5. The van der Waals surface area contributed by atoms with Crippen molar-refractivity contribution in [2.24, 2.45) is 0 Å². The van der Waals surface area contributed by atoms with Gasteiger partial charge in [-0.3, -0.25) is 0 Å². The maximum atomic E-state index is 11.6. The van der Waals surface area contributed by atoms with E-state index in [-0.39, 0.29) is 16.5 Å². The molecular weight excluding hydrogens is 653 g/mol. The summed E-state index contributed by atoms with van der Waals surface area (Å²) >= 11 is 18.2. The van der Waals surface area contributed by atoms with Crippen molar-refractivity contribution in [3.8, 4) is 22.3 Å². The molecule has 0 saturated heterocycles. The van der Waals surface area contributed by atoms with Crippen molar-refractivity contribution in [1.29, 1.82) is 0 Å². The highest BCUT2D eigenvalue weighted by Crippen LogP contribution is 2.34. The molecule has 0 bridgehead atoms. The largest absolute Gasteiger partial charge is 0.465 e. The molecule has 0 amide bonds. The van der Waals surface area contributed by atoms with E-state index < -0.39 is 0 Å². The Morgan fingerprint density at radius 2 is 1.15 bits per heavy atom. The Morgan fingerprint density at radius 1 is 0.617 bits per heavy atom. The van der Waals surface area contributed by atoms with Crippen LogP contribution in [-0.4, -0.2) is 33.0 Å². The van der Waals surface area contributed by atoms with Crippen LogP contribution >= 0.6 is 34.8 Å². The lowest BCUT2D eigenvalue weighted by Gasteiger charge is -2.13. The molecule has 5 aromatic carbocycles. The first-order chi connectivity index (χ1) is 22.9. The van der Waals surface area contributed by atoms with Gasteiger partial charge in [0.05, 0.1) is 29.1 Å². The van der Waals surface area contributed by atoms with E-state index in [1.807, 2.05) is 97.1 Å². The zero-order chi connectivity index (χ0) is 32.8. The maximum absolute atomic E-state index is 11.6. The van der Waals surface area contributed by atoms with Gasteiger partial charge in [-0.05, 0) is 75.3 Å². The SMILES string of the molecule is COC(=O)c1ccc(CNc2nc(Cl)nc3cccc(-c4ccccc4)c23)cc1.Clc1nc(Cl)c2c(-c3ccccc3)cccc2n1. The van der Waals surface area contributed by atoms with E-state index in [9.17, 15) is 4.79 Å². The van der Waals surface area contributed by atoms with Crippen LogP contribution < -0.4 is 5.32 Å². The summed E-state index contributed by atoms with van der Waals surface area (Å²) in [4.78, 5) is 28.6. The molecule has 0 fully saturated rings. The third kappa shape index (κ3) is 7.34. The van der Waals surface area contributed by atoms with Crippen LogP contribution in [0.15, 0.2) is 121 Å².